The second-order valence-corrected chi connectivity index (χ2v) is 5.10. The predicted molar refractivity (Wildman–Crippen MR) is 63.2 cm³/mol. The van der Waals surface area contributed by atoms with Crippen LogP contribution < -0.4 is 0 Å². The molecule has 92 valence electrons. The smallest absolute Gasteiger partial charge is 0.355 e. The van der Waals surface area contributed by atoms with E-state index >= 15 is 0 Å². The van der Waals surface area contributed by atoms with Crippen LogP contribution in [0.1, 0.15) is 35.3 Å². The van der Waals surface area contributed by atoms with Crippen LogP contribution >= 0.6 is 11.3 Å². The molecular weight excluding hydrogens is 240 g/mol. The topological polar surface area (TPSA) is 70.5 Å². The van der Waals surface area contributed by atoms with Crippen LogP contribution in [0.15, 0.2) is 5.38 Å². The van der Waals surface area contributed by atoms with Crippen molar-refractivity contribution < 1.29 is 14.7 Å². The van der Waals surface area contributed by atoms with Gasteiger partial charge in [0.25, 0.3) is 0 Å². The highest BCUT2D eigenvalue weighted by molar-refractivity contribution is 7.09. The van der Waals surface area contributed by atoms with Crippen LogP contribution in [-0.2, 0) is 11.2 Å². The molecule has 1 aliphatic rings. The van der Waals surface area contributed by atoms with E-state index in [1.807, 2.05) is 11.8 Å². The Morgan fingerprint density at radius 1 is 1.71 bits per heavy atom. The molecule has 0 aromatic carbocycles. The van der Waals surface area contributed by atoms with Gasteiger partial charge in [-0.15, -0.1) is 11.3 Å². The summed E-state index contributed by atoms with van der Waals surface area (Å²) >= 11 is 1.33. The summed E-state index contributed by atoms with van der Waals surface area (Å²) < 4.78 is 0. The molecular formula is C11H14N2O3S. The highest BCUT2D eigenvalue weighted by Gasteiger charge is 2.27. The first-order valence-corrected chi connectivity index (χ1v) is 6.43. The van der Waals surface area contributed by atoms with Crippen LogP contribution in [-0.4, -0.2) is 39.5 Å². The number of carboxylic acids is 1. The number of rotatable bonds is 4. The van der Waals surface area contributed by atoms with Crippen LogP contribution in [0.5, 0.6) is 0 Å². The SMILES string of the molecule is CC1CCC(=O)N1CCc1nc(C(=O)O)cs1. The maximum Gasteiger partial charge on any atom is 0.355 e. The standard InChI is InChI=1S/C11H14N2O3S/c1-7-2-3-10(14)13(7)5-4-9-12-8(6-17-9)11(15)16/h6-7H,2-5H2,1H3,(H,15,16). The number of carboxylic acid groups (broad SMARTS) is 1. The quantitative estimate of drug-likeness (QED) is 0.881. The lowest BCUT2D eigenvalue weighted by Crippen LogP contribution is -2.32. The number of carbonyl (C=O) groups is 2. The first-order chi connectivity index (χ1) is 8.08. The second-order valence-electron chi connectivity index (χ2n) is 4.16. The van der Waals surface area contributed by atoms with Gasteiger partial charge in [0.2, 0.25) is 5.91 Å². The Labute approximate surface area is 103 Å². The van der Waals surface area contributed by atoms with Crippen LogP contribution in [0.4, 0.5) is 0 Å². The highest BCUT2D eigenvalue weighted by atomic mass is 32.1. The molecule has 1 N–H and O–H groups in total. The van der Waals surface area contributed by atoms with E-state index in [2.05, 4.69) is 4.98 Å². The lowest BCUT2D eigenvalue weighted by molar-refractivity contribution is -0.128. The first-order valence-electron chi connectivity index (χ1n) is 5.55. The summed E-state index contributed by atoms with van der Waals surface area (Å²) in [6, 6.07) is 0.293. The molecule has 1 unspecified atom stereocenters. The predicted octanol–water partition coefficient (Wildman–Crippen LogP) is 1.39. The zero-order chi connectivity index (χ0) is 12.4. The zero-order valence-electron chi connectivity index (χ0n) is 9.55. The highest BCUT2D eigenvalue weighted by Crippen LogP contribution is 2.19. The third-order valence-electron chi connectivity index (χ3n) is 2.97. The lowest BCUT2D eigenvalue weighted by Gasteiger charge is -2.20. The van der Waals surface area contributed by atoms with E-state index in [9.17, 15) is 9.59 Å². The molecule has 0 aliphatic carbocycles. The number of nitrogens with zero attached hydrogens (tertiary/aromatic N) is 2. The molecule has 1 saturated heterocycles. The van der Waals surface area contributed by atoms with E-state index in [0.717, 1.165) is 11.4 Å². The van der Waals surface area contributed by atoms with E-state index < -0.39 is 5.97 Å². The Morgan fingerprint density at radius 2 is 2.47 bits per heavy atom. The molecule has 5 nitrogen and oxygen atoms in total. The molecule has 1 aromatic heterocycles. The summed E-state index contributed by atoms with van der Waals surface area (Å²) in [5.41, 5.74) is 0.0887. The molecule has 0 bridgehead atoms. The second kappa shape index (κ2) is 4.83. The van der Waals surface area contributed by atoms with Crippen LogP contribution in [0.2, 0.25) is 0 Å². The Morgan fingerprint density at radius 3 is 3.00 bits per heavy atom. The van der Waals surface area contributed by atoms with Crippen LogP contribution in [0, 0.1) is 0 Å². The summed E-state index contributed by atoms with van der Waals surface area (Å²) in [4.78, 5) is 28.0. The number of amides is 1. The number of hydrogen-bond donors (Lipinski definition) is 1. The van der Waals surface area contributed by atoms with Gasteiger partial charge in [0, 0.05) is 30.8 Å². The molecule has 17 heavy (non-hydrogen) atoms. The average Bonchev–Trinajstić information content (AvgIpc) is 2.85. The van der Waals surface area contributed by atoms with Gasteiger partial charge < -0.3 is 10.0 Å². The Hall–Kier alpha value is -1.43. The minimum Gasteiger partial charge on any atom is -0.476 e. The van der Waals surface area contributed by atoms with Crippen LogP contribution in [0.25, 0.3) is 0 Å². The van der Waals surface area contributed by atoms with Gasteiger partial charge in [-0.2, -0.15) is 0 Å². The largest absolute Gasteiger partial charge is 0.476 e. The number of aromatic nitrogens is 1. The van der Waals surface area contributed by atoms with Gasteiger partial charge in [-0.05, 0) is 13.3 Å². The third kappa shape index (κ3) is 2.63. The Bertz CT molecular complexity index is 444. The molecule has 1 fully saturated rings. The summed E-state index contributed by atoms with van der Waals surface area (Å²) in [6.45, 7) is 2.67. The number of aromatic carboxylic acids is 1. The minimum atomic E-state index is -1.00. The van der Waals surface area contributed by atoms with Crippen molar-refractivity contribution in [2.45, 2.75) is 32.2 Å². The van der Waals surface area contributed by atoms with Gasteiger partial charge in [-0.25, -0.2) is 9.78 Å². The molecule has 1 amide bonds. The van der Waals surface area contributed by atoms with Crippen molar-refractivity contribution in [1.82, 2.24) is 9.88 Å². The van der Waals surface area contributed by atoms with Crippen molar-refractivity contribution in [3.05, 3.63) is 16.1 Å². The average molecular weight is 254 g/mol. The van der Waals surface area contributed by atoms with E-state index in [1.54, 1.807) is 0 Å². The summed E-state index contributed by atoms with van der Waals surface area (Å²) in [5, 5.41) is 11.0. The van der Waals surface area contributed by atoms with Gasteiger partial charge in [-0.3, -0.25) is 4.79 Å². The summed E-state index contributed by atoms with van der Waals surface area (Å²) in [7, 11) is 0. The lowest BCUT2D eigenvalue weighted by atomic mass is 10.2. The first kappa shape index (κ1) is 12.0. The molecule has 2 heterocycles. The molecule has 1 aromatic rings. The number of hydrogen-bond acceptors (Lipinski definition) is 4. The summed E-state index contributed by atoms with van der Waals surface area (Å²) in [6.07, 6.45) is 2.17. The van der Waals surface area contributed by atoms with E-state index in [0.29, 0.717) is 25.4 Å². The Balaban J connectivity index is 1.93. The zero-order valence-corrected chi connectivity index (χ0v) is 10.4. The van der Waals surface area contributed by atoms with Crippen molar-refractivity contribution in [3.8, 4) is 0 Å². The van der Waals surface area contributed by atoms with Crippen molar-refractivity contribution in [2.24, 2.45) is 0 Å². The fraction of sp³-hybridized carbons (Fsp3) is 0.545. The number of likely N-dealkylation sites (tertiary alicyclic amines) is 1. The van der Waals surface area contributed by atoms with E-state index in [-0.39, 0.29) is 11.6 Å². The van der Waals surface area contributed by atoms with Gasteiger partial charge in [-0.1, -0.05) is 0 Å². The van der Waals surface area contributed by atoms with Gasteiger partial charge in [0.1, 0.15) is 0 Å². The minimum absolute atomic E-state index is 0.0887. The molecule has 2 rings (SSSR count). The maximum absolute atomic E-state index is 11.5. The van der Waals surface area contributed by atoms with Crippen molar-refractivity contribution >= 4 is 23.2 Å². The fourth-order valence-electron chi connectivity index (χ4n) is 1.96. The fourth-order valence-corrected chi connectivity index (χ4v) is 2.72. The van der Waals surface area contributed by atoms with Gasteiger partial charge in [0.15, 0.2) is 5.69 Å². The molecule has 6 heteroatoms. The maximum atomic E-state index is 11.5. The molecule has 0 radical (unpaired) electrons. The third-order valence-corrected chi connectivity index (χ3v) is 3.87. The van der Waals surface area contributed by atoms with Crippen molar-refractivity contribution in [3.63, 3.8) is 0 Å². The monoisotopic (exact) mass is 254 g/mol. The van der Waals surface area contributed by atoms with Crippen LogP contribution in [0.3, 0.4) is 0 Å². The van der Waals surface area contributed by atoms with Gasteiger partial charge in [0.05, 0.1) is 5.01 Å². The van der Waals surface area contributed by atoms with E-state index in [4.69, 9.17) is 5.11 Å². The molecule has 1 atom stereocenters. The number of thiazole rings is 1. The number of carbonyl (C=O) groups excluding carboxylic acids is 1. The molecule has 0 saturated carbocycles. The van der Waals surface area contributed by atoms with Gasteiger partial charge >= 0.3 is 5.97 Å². The van der Waals surface area contributed by atoms with Crippen molar-refractivity contribution in [2.75, 3.05) is 6.54 Å². The molecule has 1 aliphatic heterocycles. The normalized spacial score (nSPS) is 19.9. The van der Waals surface area contributed by atoms with E-state index in [1.165, 1.54) is 16.7 Å². The van der Waals surface area contributed by atoms with Crippen molar-refractivity contribution in [1.29, 1.82) is 0 Å². The summed E-state index contributed by atoms with van der Waals surface area (Å²) in [5.74, 6) is -0.814. The molecule has 0 spiro atoms. The Kier molecular flexibility index (Phi) is 3.42.